The highest BCUT2D eigenvalue weighted by molar-refractivity contribution is 5.33. The number of aryl methyl sites for hydroxylation is 1. The predicted octanol–water partition coefficient (Wildman–Crippen LogP) is 5.77. The largest absolute Gasteiger partial charge is 0.455 e. The van der Waals surface area contributed by atoms with E-state index in [0.717, 1.165) is 11.6 Å². The Kier molecular flexibility index (Phi) is 9.92. The SMILES string of the molecule is Cc1cccc(F)c1Cn1c2c(c(=O)n(C[C@H](NCCCC#N)c3ccccc3)c1=O)C1(CCN(Cc3ccc(C(F)(F)F)o3)CC1)OC2. The predicted molar refractivity (Wildman–Crippen MR) is 172 cm³/mol. The molecule has 6 rings (SSSR count). The number of unbranched alkanes of at least 4 members (excludes halogenated alkanes) is 1. The van der Waals surface area contributed by atoms with E-state index in [1.807, 2.05) is 35.2 Å². The topological polar surface area (TPSA) is 105 Å². The van der Waals surface area contributed by atoms with Gasteiger partial charge < -0.3 is 14.5 Å². The molecule has 2 aliphatic rings. The Morgan fingerprint density at radius 1 is 1.00 bits per heavy atom. The number of ether oxygens (including phenoxy) is 1. The first-order valence-electron chi connectivity index (χ1n) is 16.3. The van der Waals surface area contributed by atoms with Crippen LogP contribution >= 0.6 is 0 Å². The molecule has 1 N–H and O–H groups in total. The van der Waals surface area contributed by atoms with Gasteiger partial charge in [-0.1, -0.05) is 42.5 Å². The third kappa shape index (κ3) is 7.13. The normalized spacial score (nSPS) is 16.5. The molecule has 2 aliphatic heterocycles. The van der Waals surface area contributed by atoms with Crippen molar-refractivity contribution in [2.24, 2.45) is 0 Å². The van der Waals surface area contributed by atoms with Crippen molar-refractivity contribution in [3.05, 3.63) is 127 Å². The zero-order chi connectivity index (χ0) is 34.8. The highest BCUT2D eigenvalue weighted by Crippen LogP contribution is 2.43. The molecule has 0 bridgehead atoms. The molecule has 0 radical (unpaired) electrons. The van der Waals surface area contributed by atoms with Gasteiger partial charge in [-0.2, -0.15) is 18.4 Å². The summed E-state index contributed by atoms with van der Waals surface area (Å²) in [5.41, 5.74) is 0.514. The standard InChI is InChI=1S/C36H37F4N5O4/c1-24-8-7-11-28(37)27(24)21-44-30-23-48-35(14-18-43(19-15-35)20-26-12-13-31(49-26)36(38,39)40)32(30)33(46)45(34(44)47)22-29(42-17-6-5-16-41)25-9-3-2-4-10-25/h2-4,7-13,29,42H,5-6,14-15,17-23H2,1H3/t29-/m0/s1. The fourth-order valence-electron chi connectivity index (χ4n) is 6.88. The van der Waals surface area contributed by atoms with Gasteiger partial charge >= 0.3 is 11.9 Å². The molecule has 1 saturated heterocycles. The summed E-state index contributed by atoms with van der Waals surface area (Å²) in [6, 6.07) is 18.0. The van der Waals surface area contributed by atoms with Crippen molar-refractivity contribution in [2.75, 3.05) is 19.6 Å². The monoisotopic (exact) mass is 679 g/mol. The minimum atomic E-state index is -4.58. The van der Waals surface area contributed by atoms with Crippen molar-refractivity contribution in [2.45, 2.75) is 76.7 Å². The fraction of sp³-hybridized carbons (Fsp3) is 0.417. The quantitative estimate of drug-likeness (QED) is 0.159. The van der Waals surface area contributed by atoms with Gasteiger partial charge in [-0.15, -0.1) is 0 Å². The van der Waals surface area contributed by atoms with Crippen molar-refractivity contribution >= 4 is 0 Å². The molecule has 0 unspecified atom stereocenters. The van der Waals surface area contributed by atoms with Gasteiger partial charge in [-0.25, -0.2) is 9.18 Å². The molecule has 9 nitrogen and oxygen atoms in total. The van der Waals surface area contributed by atoms with E-state index in [4.69, 9.17) is 14.4 Å². The first-order chi connectivity index (χ1) is 23.5. The molecule has 1 fully saturated rings. The molecular weight excluding hydrogens is 642 g/mol. The van der Waals surface area contributed by atoms with Crippen LogP contribution in [-0.2, 0) is 42.8 Å². The average Bonchev–Trinajstić information content (AvgIpc) is 3.71. The first kappa shape index (κ1) is 34.4. The van der Waals surface area contributed by atoms with Gasteiger partial charge in [0.05, 0.1) is 49.6 Å². The van der Waals surface area contributed by atoms with Crippen LogP contribution in [0.3, 0.4) is 0 Å². The number of nitrogens with zero attached hydrogens (tertiary/aromatic N) is 4. The van der Waals surface area contributed by atoms with E-state index in [1.165, 1.54) is 21.3 Å². The Morgan fingerprint density at radius 3 is 2.43 bits per heavy atom. The van der Waals surface area contributed by atoms with Gasteiger partial charge in [0.15, 0.2) is 0 Å². The van der Waals surface area contributed by atoms with Crippen LogP contribution in [0.25, 0.3) is 0 Å². The van der Waals surface area contributed by atoms with E-state index < -0.39 is 40.6 Å². The number of likely N-dealkylation sites (tertiary alicyclic amines) is 1. The van der Waals surface area contributed by atoms with Crippen molar-refractivity contribution in [3.63, 3.8) is 0 Å². The highest BCUT2D eigenvalue weighted by atomic mass is 19.4. The molecular formula is C36H37F4N5O4. The Hall–Kier alpha value is -4.51. The number of alkyl halides is 3. The smallest absolute Gasteiger partial charge is 0.449 e. The summed E-state index contributed by atoms with van der Waals surface area (Å²) in [7, 11) is 0. The molecule has 258 valence electrons. The molecule has 2 aromatic heterocycles. The number of halogens is 4. The van der Waals surface area contributed by atoms with Crippen LogP contribution in [0, 0.1) is 24.1 Å². The second-order valence-electron chi connectivity index (χ2n) is 12.6. The minimum Gasteiger partial charge on any atom is -0.455 e. The van der Waals surface area contributed by atoms with Gasteiger partial charge in [-0.3, -0.25) is 18.8 Å². The number of fused-ring (bicyclic) bond motifs is 2. The van der Waals surface area contributed by atoms with Gasteiger partial charge in [0, 0.05) is 25.1 Å². The van der Waals surface area contributed by atoms with E-state index >= 15 is 4.39 Å². The van der Waals surface area contributed by atoms with Gasteiger partial charge in [0.25, 0.3) is 5.56 Å². The molecule has 4 aromatic rings. The minimum absolute atomic E-state index is 0.0139. The first-order valence-corrected chi connectivity index (χ1v) is 16.3. The second kappa shape index (κ2) is 14.2. The van der Waals surface area contributed by atoms with E-state index in [0.29, 0.717) is 67.7 Å². The third-order valence-corrected chi connectivity index (χ3v) is 9.55. The lowest BCUT2D eigenvalue weighted by Crippen LogP contribution is -2.50. The number of piperidine rings is 1. The van der Waals surface area contributed by atoms with E-state index in [-0.39, 0.29) is 32.0 Å². The number of nitriles is 1. The molecule has 49 heavy (non-hydrogen) atoms. The van der Waals surface area contributed by atoms with E-state index in [1.54, 1.807) is 19.1 Å². The lowest BCUT2D eigenvalue weighted by Gasteiger charge is -2.38. The molecule has 1 spiro atoms. The molecule has 1 atom stereocenters. The van der Waals surface area contributed by atoms with Gasteiger partial charge in [-0.05, 0) is 62.1 Å². The summed E-state index contributed by atoms with van der Waals surface area (Å²) in [6.07, 6.45) is -2.93. The molecule has 2 aromatic carbocycles. The zero-order valence-electron chi connectivity index (χ0n) is 27.1. The lowest BCUT2D eigenvalue weighted by molar-refractivity contribution is -0.153. The Balaban J connectivity index is 1.37. The third-order valence-electron chi connectivity index (χ3n) is 9.55. The molecule has 4 heterocycles. The lowest BCUT2D eigenvalue weighted by atomic mass is 9.85. The van der Waals surface area contributed by atoms with Crippen molar-refractivity contribution in [1.29, 1.82) is 5.26 Å². The van der Waals surface area contributed by atoms with Crippen LogP contribution in [0.15, 0.2) is 74.7 Å². The number of nitrogens with one attached hydrogen (secondary N) is 1. The van der Waals surface area contributed by atoms with Gasteiger partial charge in [0.2, 0.25) is 5.76 Å². The molecule has 0 aliphatic carbocycles. The van der Waals surface area contributed by atoms with Crippen molar-refractivity contribution in [1.82, 2.24) is 19.4 Å². The maximum atomic E-state index is 15.1. The number of hydrogen-bond acceptors (Lipinski definition) is 7. The van der Waals surface area contributed by atoms with Crippen molar-refractivity contribution in [3.8, 4) is 6.07 Å². The van der Waals surface area contributed by atoms with Crippen LogP contribution in [0.4, 0.5) is 17.6 Å². The number of hydrogen-bond donors (Lipinski definition) is 1. The Morgan fingerprint density at radius 2 is 1.76 bits per heavy atom. The number of furan rings is 1. The summed E-state index contributed by atoms with van der Waals surface area (Å²) in [4.78, 5) is 30.7. The summed E-state index contributed by atoms with van der Waals surface area (Å²) in [5.74, 6) is -1.34. The number of rotatable bonds is 11. The fourth-order valence-corrected chi connectivity index (χ4v) is 6.88. The maximum Gasteiger partial charge on any atom is 0.449 e. The Labute approximate surface area is 280 Å². The summed E-state index contributed by atoms with van der Waals surface area (Å²) >= 11 is 0. The van der Waals surface area contributed by atoms with Crippen LogP contribution in [0.5, 0.6) is 0 Å². The number of aromatic nitrogens is 2. The van der Waals surface area contributed by atoms with Crippen LogP contribution in [-0.4, -0.2) is 33.7 Å². The highest BCUT2D eigenvalue weighted by Gasteiger charge is 2.47. The average molecular weight is 680 g/mol. The van der Waals surface area contributed by atoms with E-state index in [9.17, 15) is 22.8 Å². The van der Waals surface area contributed by atoms with Crippen LogP contribution in [0.2, 0.25) is 0 Å². The second-order valence-corrected chi connectivity index (χ2v) is 12.6. The van der Waals surface area contributed by atoms with Crippen LogP contribution in [0.1, 0.15) is 71.2 Å². The van der Waals surface area contributed by atoms with Crippen molar-refractivity contribution < 1.29 is 26.7 Å². The Bertz CT molecular complexity index is 1930. The zero-order valence-corrected chi connectivity index (χ0v) is 27.1. The van der Waals surface area contributed by atoms with E-state index in [2.05, 4.69) is 11.4 Å². The number of benzene rings is 2. The summed E-state index contributed by atoms with van der Waals surface area (Å²) in [5, 5.41) is 12.4. The molecule has 0 amide bonds. The summed E-state index contributed by atoms with van der Waals surface area (Å²) < 4.78 is 68.5. The molecule has 13 heteroatoms. The maximum absolute atomic E-state index is 15.1. The van der Waals surface area contributed by atoms with Crippen LogP contribution < -0.4 is 16.6 Å². The molecule has 0 saturated carbocycles. The van der Waals surface area contributed by atoms with Gasteiger partial charge in [0.1, 0.15) is 17.2 Å². The summed E-state index contributed by atoms with van der Waals surface area (Å²) in [6.45, 7) is 3.08.